The maximum atomic E-state index is 13.4. The van der Waals surface area contributed by atoms with Crippen LogP contribution in [0.4, 0.5) is 13.2 Å². The second-order valence-corrected chi connectivity index (χ2v) is 8.06. The van der Waals surface area contributed by atoms with Crippen LogP contribution in [0.2, 0.25) is 0 Å². The number of alkyl halides is 3. The molecule has 158 valence electrons. The van der Waals surface area contributed by atoms with Crippen LogP contribution in [-0.2, 0) is 31.6 Å². The molecule has 1 aromatic heterocycles. The molecule has 0 aliphatic carbocycles. The fourth-order valence-corrected chi connectivity index (χ4v) is 5.14. The summed E-state index contributed by atoms with van der Waals surface area (Å²) < 4.78 is 59.0. The van der Waals surface area contributed by atoms with Crippen molar-refractivity contribution >= 4 is 0 Å². The first-order valence-corrected chi connectivity index (χ1v) is 9.25. The molecule has 2 aromatic rings. The highest BCUT2D eigenvalue weighted by molar-refractivity contribution is 5.63. The van der Waals surface area contributed by atoms with Crippen LogP contribution in [0.5, 0.6) is 11.8 Å². The molecule has 0 radical (unpaired) electrons. The lowest BCUT2D eigenvalue weighted by atomic mass is 9.75. The lowest BCUT2D eigenvalue weighted by Gasteiger charge is -2.37. The minimum absolute atomic E-state index is 0.139. The number of aromatic hydroxyl groups is 2. The van der Waals surface area contributed by atoms with Crippen molar-refractivity contribution in [3.05, 3.63) is 40.5 Å². The number of rotatable bonds is 1. The monoisotopic (exact) mass is 422 g/mol. The maximum absolute atomic E-state index is 13.4. The van der Waals surface area contributed by atoms with E-state index in [4.69, 9.17) is 19.5 Å². The Morgan fingerprint density at radius 1 is 1.10 bits per heavy atom. The van der Waals surface area contributed by atoms with Crippen LogP contribution in [0.25, 0.3) is 5.69 Å². The van der Waals surface area contributed by atoms with Gasteiger partial charge in [0.1, 0.15) is 5.60 Å². The highest BCUT2D eigenvalue weighted by Crippen LogP contribution is 2.69. The van der Waals surface area contributed by atoms with Gasteiger partial charge in [0.05, 0.1) is 47.2 Å². The Balaban J connectivity index is 1.74. The van der Waals surface area contributed by atoms with E-state index in [0.29, 0.717) is 13.2 Å². The lowest BCUT2D eigenvalue weighted by Crippen LogP contribution is -2.48. The molecule has 2 saturated heterocycles. The topological polar surface area (TPSA) is 96.9 Å². The molecular formula is C20H17F3N2O5. The summed E-state index contributed by atoms with van der Waals surface area (Å²) in [7, 11) is 0. The molecule has 3 aliphatic rings. The molecule has 2 unspecified atom stereocenters. The second kappa shape index (κ2) is 5.49. The van der Waals surface area contributed by atoms with Crippen LogP contribution in [0, 0.1) is 11.3 Å². The van der Waals surface area contributed by atoms with E-state index >= 15 is 0 Å². The van der Waals surface area contributed by atoms with Crippen molar-refractivity contribution in [2.45, 2.75) is 43.4 Å². The fraction of sp³-hybridized carbons (Fsp3) is 0.450. The number of hydrogen-bond acceptors (Lipinski definition) is 6. The zero-order chi connectivity index (χ0) is 21.7. The Morgan fingerprint density at radius 3 is 2.33 bits per heavy atom. The Morgan fingerprint density at radius 2 is 1.73 bits per heavy atom. The number of benzene rings is 1. The van der Waals surface area contributed by atoms with Gasteiger partial charge in [0.25, 0.3) is 0 Å². The Bertz CT molecular complexity index is 1130. The number of nitrogens with zero attached hydrogens (tertiary/aromatic N) is 2. The van der Waals surface area contributed by atoms with Crippen molar-refractivity contribution in [3.8, 4) is 23.5 Å². The molecule has 2 N–H and O–H groups in total. The third-order valence-corrected chi connectivity index (χ3v) is 6.29. The van der Waals surface area contributed by atoms with Gasteiger partial charge in [-0.15, -0.1) is 0 Å². The van der Waals surface area contributed by atoms with Crippen LogP contribution in [0.1, 0.15) is 42.5 Å². The number of ether oxygens (including phenoxy) is 3. The van der Waals surface area contributed by atoms with E-state index in [1.165, 1.54) is 12.1 Å². The predicted octanol–water partition coefficient (Wildman–Crippen LogP) is 3.39. The minimum Gasteiger partial charge on any atom is -0.494 e. The third-order valence-electron chi connectivity index (χ3n) is 6.29. The van der Waals surface area contributed by atoms with Crippen LogP contribution in [0.3, 0.4) is 0 Å². The van der Waals surface area contributed by atoms with E-state index in [2.05, 4.69) is 0 Å². The summed E-state index contributed by atoms with van der Waals surface area (Å²) in [6.07, 6.45) is -4.53. The quantitative estimate of drug-likeness (QED) is 0.732. The Hall–Kier alpha value is -2.74. The summed E-state index contributed by atoms with van der Waals surface area (Å²) in [5.74, 6) is -2.06. The summed E-state index contributed by atoms with van der Waals surface area (Å²) in [5.41, 5.74) is -3.69. The maximum Gasteiger partial charge on any atom is 0.417 e. The third kappa shape index (κ3) is 2.09. The summed E-state index contributed by atoms with van der Waals surface area (Å²) >= 11 is 0. The molecule has 7 nitrogen and oxygen atoms in total. The van der Waals surface area contributed by atoms with E-state index in [9.17, 15) is 23.4 Å². The fourth-order valence-electron chi connectivity index (χ4n) is 5.14. The van der Waals surface area contributed by atoms with Gasteiger partial charge >= 0.3 is 6.18 Å². The molecule has 3 aliphatic heterocycles. The first kappa shape index (κ1) is 19.2. The van der Waals surface area contributed by atoms with Gasteiger partial charge in [0, 0.05) is 6.42 Å². The van der Waals surface area contributed by atoms with Gasteiger partial charge < -0.3 is 24.4 Å². The van der Waals surface area contributed by atoms with Crippen LogP contribution in [-0.4, -0.2) is 33.8 Å². The number of halogens is 3. The van der Waals surface area contributed by atoms with Crippen molar-refractivity contribution in [1.29, 1.82) is 5.26 Å². The lowest BCUT2D eigenvalue weighted by molar-refractivity contribution is -0.238. The van der Waals surface area contributed by atoms with Crippen LogP contribution in [0.15, 0.2) is 18.2 Å². The van der Waals surface area contributed by atoms with Gasteiger partial charge in [-0.2, -0.15) is 18.4 Å². The number of hydrogen-bond donors (Lipinski definition) is 2. The molecule has 5 rings (SSSR count). The van der Waals surface area contributed by atoms with Gasteiger partial charge in [-0.1, -0.05) is 0 Å². The van der Waals surface area contributed by atoms with Crippen molar-refractivity contribution < 1.29 is 37.6 Å². The first-order valence-electron chi connectivity index (χ1n) is 9.25. The smallest absolute Gasteiger partial charge is 0.417 e. The van der Waals surface area contributed by atoms with Crippen molar-refractivity contribution in [1.82, 2.24) is 4.57 Å². The molecule has 1 spiro atoms. The Labute approximate surface area is 168 Å². The molecule has 2 bridgehead atoms. The van der Waals surface area contributed by atoms with E-state index in [1.807, 2.05) is 0 Å². The van der Waals surface area contributed by atoms with Crippen molar-refractivity contribution in [2.75, 3.05) is 13.2 Å². The van der Waals surface area contributed by atoms with E-state index in [0.717, 1.165) is 16.7 Å². The molecule has 2 atom stereocenters. The standard InChI is InChI=1S/C20H17F3N2O5/c1-17-9-19(28-5-6-29-19)18(2,30-17)14-13(17)15(26)25(16(14)27)11-4-3-10(8-24)12(7-11)20(21,22)23/h3-4,7,26-27H,5-6,9H2,1-2H3. The SMILES string of the molecule is CC12CC3(OCCO3)C(C)(O1)c1c2c(O)n(-c2ccc(C#N)c(C(F)(F)F)c2)c1O. The summed E-state index contributed by atoms with van der Waals surface area (Å²) in [4.78, 5) is 0. The minimum atomic E-state index is -4.78. The highest BCUT2D eigenvalue weighted by Gasteiger charge is 2.74. The normalized spacial score (nSPS) is 28.8. The molecule has 1 aromatic carbocycles. The average molecular weight is 422 g/mol. The summed E-state index contributed by atoms with van der Waals surface area (Å²) in [6, 6.07) is 4.46. The molecule has 0 saturated carbocycles. The van der Waals surface area contributed by atoms with Gasteiger partial charge in [-0.05, 0) is 32.0 Å². The van der Waals surface area contributed by atoms with Gasteiger partial charge in [-0.3, -0.25) is 4.57 Å². The number of fused-ring (bicyclic) bond motifs is 6. The average Bonchev–Trinajstić information content (AvgIpc) is 3.35. The molecule has 30 heavy (non-hydrogen) atoms. The zero-order valence-electron chi connectivity index (χ0n) is 16.0. The van der Waals surface area contributed by atoms with Crippen molar-refractivity contribution in [3.63, 3.8) is 0 Å². The zero-order valence-corrected chi connectivity index (χ0v) is 16.0. The number of nitriles is 1. The molecular weight excluding hydrogens is 405 g/mol. The van der Waals surface area contributed by atoms with Crippen LogP contribution >= 0.6 is 0 Å². The molecule has 0 amide bonds. The number of aromatic nitrogens is 1. The first-order chi connectivity index (χ1) is 14.0. The Kier molecular flexibility index (Phi) is 3.52. The summed E-state index contributed by atoms with van der Waals surface area (Å²) in [6.45, 7) is 4.05. The van der Waals surface area contributed by atoms with E-state index < -0.39 is 46.1 Å². The molecule has 2 fully saturated rings. The largest absolute Gasteiger partial charge is 0.494 e. The summed E-state index contributed by atoms with van der Waals surface area (Å²) in [5, 5.41) is 31.0. The highest BCUT2D eigenvalue weighted by atomic mass is 19.4. The van der Waals surface area contributed by atoms with Gasteiger partial charge in [-0.25, -0.2) is 0 Å². The molecule has 4 heterocycles. The van der Waals surface area contributed by atoms with E-state index in [1.54, 1.807) is 13.8 Å². The van der Waals surface area contributed by atoms with Gasteiger partial charge in [0.15, 0.2) is 5.60 Å². The molecule has 10 heteroatoms. The van der Waals surface area contributed by atoms with Gasteiger partial charge in [0.2, 0.25) is 17.5 Å². The van der Waals surface area contributed by atoms with Crippen LogP contribution < -0.4 is 0 Å². The van der Waals surface area contributed by atoms with E-state index in [-0.39, 0.29) is 23.2 Å². The predicted molar refractivity (Wildman–Crippen MR) is 93.9 cm³/mol. The van der Waals surface area contributed by atoms with Crippen molar-refractivity contribution in [2.24, 2.45) is 0 Å². The second-order valence-electron chi connectivity index (χ2n) is 8.06.